The van der Waals surface area contributed by atoms with Gasteiger partial charge in [-0.05, 0) is 5.56 Å². The molecular weight excluding hydrogens is 255 g/mol. The van der Waals surface area contributed by atoms with Crippen LogP contribution in [-0.4, -0.2) is 16.3 Å². The van der Waals surface area contributed by atoms with Gasteiger partial charge in [-0.2, -0.15) is 18.3 Å². The lowest BCUT2D eigenvalue weighted by Gasteiger charge is -2.25. The van der Waals surface area contributed by atoms with E-state index in [1.165, 1.54) is 4.68 Å². The quantitative estimate of drug-likeness (QED) is 0.860. The zero-order valence-corrected chi connectivity index (χ0v) is 9.98. The van der Waals surface area contributed by atoms with Crippen LogP contribution in [0.25, 0.3) is 0 Å². The molecule has 1 aromatic heterocycles. The summed E-state index contributed by atoms with van der Waals surface area (Å²) < 4.78 is 39.2. The van der Waals surface area contributed by atoms with Gasteiger partial charge < -0.3 is 5.32 Å². The highest BCUT2D eigenvalue weighted by Crippen LogP contribution is 2.32. The van der Waals surface area contributed by atoms with Crippen LogP contribution >= 0.6 is 0 Å². The average molecular weight is 267 g/mol. The molecule has 0 saturated heterocycles. The van der Waals surface area contributed by atoms with Crippen molar-refractivity contribution in [2.45, 2.75) is 18.6 Å². The molecule has 0 saturated carbocycles. The van der Waals surface area contributed by atoms with Crippen molar-refractivity contribution < 1.29 is 13.2 Å². The van der Waals surface area contributed by atoms with Gasteiger partial charge >= 0.3 is 6.18 Å². The van der Waals surface area contributed by atoms with E-state index in [2.05, 4.69) is 10.4 Å². The number of rotatable bonds is 1. The summed E-state index contributed by atoms with van der Waals surface area (Å²) >= 11 is 0. The van der Waals surface area contributed by atoms with Crippen LogP contribution in [0.15, 0.2) is 36.4 Å². The normalized spacial score (nSPS) is 18.8. The molecule has 1 unspecified atom stereocenters. The molecule has 1 aliphatic heterocycles. The highest BCUT2D eigenvalue weighted by Gasteiger charge is 2.36. The highest BCUT2D eigenvalue weighted by atomic mass is 19.4. The van der Waals surface area contributed by atoms with Gasteiger partial charge in [-0.25, -0.2) is 4.68 Å². The molecule has 0 bridgehead atoms. The molecule has 2 heterocycles. The predicted octanol–water partition coefficient (Wildman–Crippen LogP) is 3.11. The number of benzene rings is 1. The van der Waals surface area contributed by atoms with E-state index in [1.54, 1.807) is 0 Å². The molecule has 19 heavy (non-hydrogen) atoms. The van der Waals surface area contributed by atoms with Crippen LogP contribution in [0.2, 0.25) is 0 Å². The van der Waals surface area contributed by atoms with Gasteiger partial charge in [-0.3, -0.25) is 0 Å². The number of nitrogens with zero attached hydrogens (tertiary/aromatic N) is 2. The molecule has 1 aliphatic rings. The molecule has 1 atom stereocenters. The average Bonchev–Trinajstić information content (AvgIpc) is 2.82. The molecule has 3 nitrogen and oxygen atoms in total. The third-order valence-electron chi connectivity index (χ3n) is 3.26. The van der Waals surface area contributed by atoms with Gasteiger partial charge in [0.05, 0.1) is 6.54 Å². The fourth-order valence-corrected chi connectivity index (χ4v) is 2.29. The van der Waals surface area contributed by atoms with E-state index in [1.807, 2.05) is 30.3 Å². The summed E-state index contributed by atoms with van der Waals surface area (Å²) in [7, 11) is 0. The molecule has 0 spiro atoms. The second kappa shape index (κ2) is 4.29. The first-order valence-electron chi connectivity index (χ1n) is 5.98. The Kier molecular flexibility index (Phi) is 2.73. The van der Waals surface area contributed by atoms with Crippen molar-refractivity contribution >= 4 is 5.82 Å². The largest absolute Gasteiger partial charge is 0.435 e. The molecular formula is C13H12F3N3. The molecule has 0 aliphatic carbocycles. The van der Waals surface area contributed by atoms with Crippen LogP contribution in [0.3, 0.4) is 0 Å². The fourth-order valence-electron chi connectivity index (χ4n) is 2.29. The Morgan fingerprint density at radius 3 is 2.63 bits per heavy atom. The molecule has 2 aromatic rings. The number of halogens is 3. The number of fused-ring (bicyclic) bond motifs is 1. The van der Waals surface area contributed by atoms with Crippen LogP contribution in [0, 0.1) is 0 Å². The lowest BCUT2D eigenvalue weighted by atomic mass is 9.98. The Hall–Kier alpha value is -1.98. The Bertz CT molecular complexity index is 575. The maximum atomic E-state index is 12.6. The smallest absolute Gasteiger partial charge is 0.370 e. The molecule has 1 N–H and O–H groups in total. The third kappa shape index (κ3) is 2.30. The van der Waals surface area contributed by atoms with E-state index >= 15 is 0 Å². The number of hydrogen-bond donors (Lipinski definition) is 1. The van der Waals surface area contributed by atoms with Crippen molar-refractivity contribution in [1.82, 2.24) is 9.78 Å². The van der Waals surface area contributed by atoms with Crippen molar-refractivity contribution in [2.24, 2.45) is 0 Å². The van der Waals surface area contributed by atoms with Crippen LogP contribution in [0.5, 0.6) is 0 Å². The van der Waals surface area contributed by atoms with Crippen LogP contribution < -0.4 is 5.32 Å². The molecule has 100 valence electrons. The van der Waals surface area contributed by atoms with Crippen molar-refractivity contribution in [3.8, 4) is 0 Å². The number of hydrogen-bond acceptors (Lipinski definition) is 2. The highest BCUT2D eigenvalue weighted by molar-refractivity contribution is 5.41. The summed E-state index contributed by atoms with van der Waals surface area (Å²) in [5.41, 5.74) is 0.258. The van der Waals surface area contributed by atoms with E-state index in [9.17, 15) is 13.2 Å². The van der Waals surface area contributed by atoms with Gasteiger partial charge in [-0.15, -0.1) is 0 Å². The minimum atomic E-state index is -4.39. The van der Waals surface area contributed by atoms with Gasteiger partial charge in [0.15, 0.2) is 5.69 Å². The van der Waals surface area contributed by atoms with Crippen molar-refractivity contribution in [1.29, 1.82) is 0 Å². The second-order valence-corrected chi connectivity index (χ2v) is 4.58. The summed E-state index contributed by atoms with van der Waals surface area (Å²) in [4.78, 5) is 0. The van der Waals surface area contributed by atoms with Gasteiger partial charge in [0.25, 0.3) is 0 Å². The van der Waals surface area contributed by atoms with Gasteiger partial charge in [0.1, 0.15) is 5.82 Å². The molecule has 0 radical (unpaired) electrons. The number of aromatic nitrogens is 2. The summed E-state index contributed by atoms with van der Waals surface area (Å²) in [5, 5.41) is 6.63. The summed E-state index contributed by atoms with van der Waals surface area (Å²) in [6, 6.07) is 10.8. The number of anilines is 1. The van der Waals surface area contributed by atoms with Crippen LogP contribution in [-0.2, 0) is 12.7 Å². The van der Waals surface area contributed by atoms with Crippen LogP contribution in [0.4, 0.5) is 19.0 Å². The molecule has 6 heteroatoms. The maximum Gasteiger partial charge on any atom is 0.435 e. The lowest BCUT2D eigenvalue weighted by molar-refractivity contribution is -0.141. The zero-order valence-electron chi connectivity index (χ0n) is 9.98. The Labute approximate surface area is 108 Å². The molecule has 1 aromatic carbocycles. The van der Waals surface area contributed by atoms with Crippen LogP contribution in [0.1, 0.15) is 17.2 Å². The van der Waals surface area contributed by atoms with E-state index < -0.39 is 11.9 Å². The predicted molar refractivity (Wildman–Crippen MR) is 64.9 cm³/mol. The Morgan fingerprint density at radius 1 is 1.21 bits per heavy atom. The van der Waals surface area contributed by atoms with E-state index in [-0.39, 0.29) is 5.92 Å². The summed E-state index contributed by atoms with van der Waals surface area (Å²) in [6.45, 7) is 1.08. The van der Waals surface area contributed by atoms with Crippen molar-refractivity contribution in [2.75, 3.05) is 11.9 Å². The zero-order chi connectivity index (χ0) is 13.5. The minimum absolute atomic E-state index is 0.134. The first kappa shape index (κ1) is 12.1. The van der Waals surface area contributed by atoms with E-state index in [0.717, 1.165) is 11.6 Å². The molecule has 0 amide bonds. The standard InChI is InChI=1S/C13H12F3N3/c14-13(15,16)11-6-12-17-7-10(8-19(12)18-11)9-4-2-1-3-5-9/h1-6,10,17H,7-8H2. The van der Waals surface area contributed by atoms with Gasteiger partial charge in [0.2, 0.25) is 0 Å². The summed E-state index contributed by atoms with van der Waals surface area (Å²) in [5.74, 6) is 0.564. The fraction of sp³-hybridized carbons (Fsp3) is 0.308. The van der Waals surface area contributed by atoms with Gasteiger partial charge in [0, 0.05) is 18.5 Å². The maximum absolute atomic E-state index is 12.6. The SMILES string of the molecule is FC(F)(F)c1cc2n(n1)CC(c1ccccc1)CN2. The lowest BCUT2D eigenvalue weighted by Crippen LogP contribution is -2.26. The van der Waals surface area contributed by atoms with Crippen molar-refractivity contribution in [3.05, 3.63) is 47.7 Å². The number of alkyl halides is 3. The third-order valence-corrected chi connectivity index (χ3v) is 3.26. The summed E-state index contributed by atoms with van der Waals surface area (Å²) in [6.07, 6.45) is -4.39. The Morgan fingerprint density at radius 2 is 1.95 bits per heavy atom. The topological polar surface area (TPSA) is 29.9 Å². The van der Waals surface area contributed by atoms with E-state index in [0.29, 0.717) is 18.9 Å². The van der Waals surface area contributed by atoms with Crippen molar-refractivity contribution in [3.63, 3.8) is 0 Å². The van der Waals surface area contributed by atoms with Gasteiger partial charge in [-0.1, -0.05) is 30.3 Å². The Balaban J connectivity index is 1.86. The molecule has 3 rings (SSSR count). The first-order chi connectivity index (χ1) is 9.04. The van der Waals surface area contributed by atoms with E-state index in [4.69, 9.17) is 0 Å². The number of nitrogens with one attached hydrogen (secondary N) is 1. The second-order valence-electron chi connectivity index (χ2n) is 4.58. The monoisotopic (exact) mass is 267 g/mol. The molecule has 0 fully saturated rings. The minimum Gasteiger partial charge on any atom is -0.370 e. The first-order valence-corrected chi connectivity index (χ1v) is 5.98.